The van der Waals surface area contributed by atoms with Crippen LogP contribution >= 0.6 is 0 Å². The Bertz CT molecular complexity index is 1430. The zero-order valence-electron chi connectivity index (χ0n) is 23.0. The number of ether oxygens (including phenoxy) is 2. The Kier molecular flexibility index (Phi) is 9.31. The van der Waals surface area contributed by atoms with Crippen LogP contribution in [-0.4, -0.2) is 56.8 Å². The summed E-state index contributed by atoms with van der Waals surface area (Å²) in [5.74, 6) is -0.107. The molecule has 0 unspecified atom stereocenters. The summed E-state index contributed by atoms with van der Waals surface area (Å²) in [7, 11) is -3.86. The Hall–Kier alpha value is -4.05. The second kappa shape index (κ2) is 12.9. The predicted octanol–water partition coefficient (Wildman–Crippen LogP) is 3.66. The summed E-state index contributed by atoms with van der Waals surface area (Å²) in [6.07, 6.45) is 0.273. The van der Waals surface area contributed by atoms with Gasteiger partial charge in [0.1, 0.15) is 12.6 Å². The van der Waals surface area contributed by atoms with Crippen molar-refractivity contribution in [2.45, 2.75) is 39.8 Å². The van der Waals surface area contributed by atoms with Crippen LogP contribution in [0.4, 0.5) is 5.69 Å². The fraction of sp³-hybridized carbons (Fsp3) is 0.333. The number of hydrogen-bond donors (Lipinski definition) is 1. The summed E-state index contributed by atoms with van der Waals surface area (Å²) in [4.78, 5) is 29.0. The molecule has 0 bridgehead atoms. The predicted molar refractivity (Wildman–Crippen MR) is 154 cm³/mol. The van der Waals surface area contributed by atoms with E-state index in [2.05, 4.69) is 5.32 Å². The second-order valence-electron chi connectivity index (χ2n) is 9.55. The van der Waals surface area contributed by atoms with Gasteiger partial charge in [0.05, 0.1) is 11.4 Å². The number of aryl methyl sites for hydroxylation is 1. The standard InChI is InChI=1S/C30H35N3O6S/c1-4-31-30(35)26(17-23-9-7-6-8-10-23)32(19-24-13-11-22(3)12-14-24)29(34)20-33(40(36,37)5-2)25-15-16-27-28(18-25)39-21-38-27/h6-16,18,26H,4-5,17,19-21H2,1-3H3,(H,31,35)/t26-/m0/s1. The first kappa shape index (κ1) is 28.9. The zero-order valence-corrected chi connectivity index (χ0v) is 23.8. The summed E-state index contributed by atoms with van der Waals surface area (Å²) >= 11 is 0. The van der Waals surface area contributed by atoms with Crippen molar-refractivity contribution >= 4 is 27.5 Å². The fourth-order valence-electron chi connectivity index (χ4n) is 4.50. The molecule has 3 aromatic carbocycles. The average molecular weight is 566 g/mol. The number of rotatable bonds is 12. The lowest BCUT2D eigenvalue weighted by Crippen LogP contribution is -2.53. The number of likely N-dealkylation sites (N-methyl/N-ethyl adjacent to an activating group) is 1. The number of anilines is 1. The monoisotopic (exact) mass is 565 g/mol. The second-order valence-corrected chi connectivity index (χ2v) is 11.7. The third kappa shape index (κ3) is 6.93. The third-order valence-electron chi connectivity index (χ3n) is 6.72. The lowest BCUT2D eigenvalue weighted by molar-refractivity contribution is -0.140. The van der Waals surface area contributed by atoms with Gasteiger partial charge in [-0.1, -0.05) is 60.2 Å². The van der Waals surface area contributed by atoms with Crippen molar-refractivity contribution in [1.29, 1.82) is 0 Å². The Morgan fingerprint density at radius 3 is 2.30 bits per heavy atom. The molecule has 0 saturated heterocycles. The van der Waals surface area contributed by atoms with Crippen LogP contribution in [0.15, 0.2) is 72.8 Å². The van der Waals surface area contributed by atoms with Crippen LogP contribution in [0.25, 0.3) is 0 Å². The number of carbonyl (C=O) groups excluding carboxylic acids is 2. The van der Waals surface area contributed by atoms with Crippen LogP contribution in [0, 0.1) is 6.92 Å². The molecule has 1 N–H and O–H groups in total. The Morgan fingerprint density at radius 2 is 1.62 bits per heavy atom. The molecule has 1 aliphatic rings. The molecule has 0 saturated carbocycles. The van der Waals surface area contributed by atoms with Crippen molar-refractivity contribution in [2.75, 3.05) is 29.9 Å². The first-order valence-electron chi connectivity index (χ1n) is 13.3. The molecule has 1 atom stereocenters. The smallest absolute Gasteiger partial charge is 0.244 e. The van der Waals surface area contributed by atoms with Gasteiger partial charge in [-0.05, 0) is 44.0 Å². The molecule has 0 aromatic heterocycles. The number of sulfonamides is 1. The van der Waals surface area contributed by atoms with Gasteiger partial charge in [0.25, 0.3) is 0 Å². The number of amides is 2. The highest BCUT2D eigenvalue weighted by molar-refractivity contribution is 7.92. The maximum absolute atomic E-state index is 14.1. The largest absolute Gasteiger partial charge is 0.454 e. The van der Waals surface area contributed by atoms with E-state index in [1.807, 2.05) is 68.4 Å². The van der Waals surface area contributed by atoms with Crippen molar-refractivity contribution in [3.63, 3.8) is 0 Å². The van der Waals surface area contributed by atoms with Gasteiger partial charge in [-0.3, -0.25) is 13.9 Å². The van der Waals surface area contributed by atoms with Gasteiger partial charge in [0.2, 0.25) is 28.6 Å². The normalized spacial score (nSPS) is 13.0. The molecule has 0 radical (unpaired) electrons. The van der Waals surface area contributed by atoms with Gasteiger partial charge in [0.15, 0.2) is 11.5 Å². The number of hydrogen-bond acceptors (Lipinski definition) is 6. The molecular weight excluding hydrogens is 530 g/mol. The molecule has 1 aliphatic heterocycles. The summed E-state index contributed by atoms with van der Waals surface area (Å²) in [5.41, 5.74) is 3.06. The highest BCUT2D eigenvalue weighted by Gasteiger charge is 2.34. The molecule has 10 heteroatoms. The first-order valence-corrected chi connectivity index (χ1v) is 14.9. The Balaban J connectivity index is 1.73. The van der Waals surface area contributed by atoms with E-state index in [4.69, 9.17) is 9.47 Å². The SMILES string of the molecule is CCNC(=O)[C@H](Cc1ccccc1)N(Cc1ccc(C)cc1)C(=O)CN(c1ccc2c(c1)OCO2)S(=O)(=O)CC. The van der Waals surface area contributed by atoms with E-state index in [-0.39, 0.29) is 37.1 Å². The number of benzene rings is 3. The lowest BCUT2D eigenvalue weighted by Gasteiger charge is -2.33. The molecular formula is C30H35N3O6S. The van der Waals surface area contributed by atoms with Crippen LogP contribution in [0.2, 0.25) is 0 Å². The zero-order chi connectivity index (χ0) is 28.7. The highest BCUT2D eigenvalue weighted by Crippen LogP contribution is 2.36. The third-order valence-corrected chi connectivity index (χ3v) is 8.46. The molecule has 40 heavy (non-hydrogen) atoms. The number of nitrogens with one attached hydrogen (secondary N) is 1. The van der Waals surface area contributed by atoms with Crippen LogP contribution < -0.4 is 19.1 Å². The Morgan fingerprint density at radius 1 is 0.925 bits per heavy atom. The average Bonchev–Trinajstić information content (AvgIpc) is 3.43. The van der Waals surface area contributed by atoms with E-state index in [1.54, 1.807) is 18.2 Å². The minimum atomic E-state index is -3.86. The minimum Gasteiger partial charge on any atom is -0.454 e. The molecule has 4 rings (SSSR count). The molecule has 0 aliphatic carbocycles. The van der Waals surface area contributed by atoms with E-state index >= 15 is 0 Å². The molecule has 9 nitrogen and oxygen atoms in total. The van der Waals surface area contributed by atoms with Gasteiger partial charge in [0, 0.05) is 25.6 Å². The first-order chi connectivity index (χ1) is 19.2. The number of fused-ring (bicyclic) bond motifs is 1. The van der Waals surface area contributed by atoms with Crippen molar-refractivity contribution in [1.82, 2.24) is 10.2 Å². The van der Waals surface area contributed by atoms with Gasteiger partial charge in [-0.25, -0.2) is 8.42 Å². The van der Waals surface area contributed by atoms with Crippen molar-refractivity contribution < 1.29 is 27.5 Å². The topological polar surface area (TPSA) is 105 Å². The van der Waals surface area contributed by atoms with Gasteiger partial charge in [-0.2, -0.15) is 0 Å². The van der Waals surface area contributed by atoms with Gasteiger partial charge in [-0.15, -0.1) is 0 Å². The summed E-state index contributed by atoms with van der Waals surface area (Å²) in [5, 5.41) is 2.86. The quantitative estimate of drug-likeness (QED) is 0.360. The minimum absolute atomic E-state index is 0.0380. The molecule has 3 aromatic rings. The van der Waals surface area contributed by atoms with Crippen LogP contribution in [-0.2, 0) is 32.6 Å². The van der Waals surface area contributed by atoms with Crippen LogP contribution in [0.1, 0.15) is 30.5 Å². The van der Waals surface area contributed by atoms with Crippen molar-refractivity contribution in [2.24, 2.45) is 0 Å². The van der Waals surface area contributed by atoms with Crippen molar-refractivity contribution in [3.05, 3.63) is 89.5 Å². The summed E-state index contributed by atoms with van der Waals surface area (Å²) in [6, 6.07) is 21.1. The van der Waals surface area contributed by atoms with Gasteiger partial charge >= 0.3 is 0 Å². The van der Waals surface area contributed by atoms with E-state index < -0.39 is 28.5 Å². The summed E-state index contributed by atoms with van der Waals surface area (Å²) in [6.45, 7) is 5.40. The highest BCUT2D eigenvalue weighted by atomic mass is 32.2. The Labute approximate surface area is 235 Å². The molecule has 1 heterocycles. The lowest BCUT2D eigenvalue weighted by atomic mass is 10.0. The van der Waals surface area contributed by atoms with Crippen LogP contribution in [0.5, 0.6) is 11.5 Å². The van der Waals surface area contributed by atoms with Gasteiger partial charge < -0.3 is 19.7 Å². The fourth-order valence-corrected chi connectivity index (χ4v) is 5.55. The molecule has 0 fully saturated rings. The maximum Gasteiger partial charge on any atom is 0.244 e. The molecule has 212 valence electrons. The number of carbonyl (C=O) groups is 2. The maximum atomic E-state index is 14.1. The number of nitrogens with zero attached hydrogens (tertiary/aromatic N) is 2. The van der Waals surface area contributed by atoms with E-state index in [0.29, 0.717) is 18.0 Å². The van der Waals surface area contributed by atoms with Crippen molar-refractivity contribution in [3.8, 4) is 11.5 Å². The van der Waals surface area contributed by atoms with E-state index in [0.717, 1.165) is 21.0 Å². The molecule has 2 amide bonds. The van der Waals surface area contributed by atoms with E-state index in [9.17, 15) is 18.0 Å². The molecule has 0 spiro atoms. The summed E-state index contributed by atoms with van der Waals surface area (Å²) < 4.78 is 38.4. The van der Waals surface area contributed by atoms with Crippen LogP contribution in [0.3, 0.4) is 0 Å². The van der Waals surface area contributed by atoms with E-state index in [1.165, 1.54) is 11.8 Å².